The Morgan fingerprint density at radius 1 is 0.737 bits per heavy atom. The van der Waals surface area contributed by atoms with E-state index in [1.165, 1.54) is 57.3 Å². The second-order valence-electron chi connectivity index (χ2n) is 8.86. The predicted octanol–water partition coefficient (Wildman–Crippen LogP) is 3.23. The summed E-state index contributed by atoms with van der Waals surface area (Å²) >= 11 is 2.19. The van der Waals surface area contributed by atoms with Crippen molar-refractivity contribution >= 4 is 3.81 Å². The summed E-state index contributed by atoms with van der Waals surface area (Å²) in [5, 5.41) is 0. The minimum absolute atomic E-state index is 0. The molecule has 0 atom stereocenters. The average Bonchev–Trinajstić information content (AvgIpc) is 3.65. The van der Waals surface area contributed by atoms with E-state index < -0.39 is 0 Å². The van der Waals surface area contributed by atoms with Gasteiger partial charge in [-0.05, 0) is 23.1 Å². The molecule has 2 aliphatic carbocycles. The predicted molar refractivity (Wildman–Crippen MR) is 152 cm³/mol. The molecule has 0 radical (unpaired) electrons. The van der Waals surface area contributed by atoms with Crippen molar-refractivity contribution in [1.82, 2.24) is 0 Å². The van der Waals surface area contributed by atoms with Crippen molar-refractivity contribution < 1.29 is 44.8 Å². The molecule has 0 aliphatic heterocycles. The van der Waals surface area contributed by atoms with Crippen molar-refractivity contribution in [1.29, 1.82) is 0 Å². The van der Waals surface area contributed by atoms with Gasteiger partial charge in [-0.1, -0.05) is 95.6 Å². The van der Waals surface area contributed by atoms with Crippen LogP contribution < -0.4 is 24.8 Å². The minimum Gasteiger partial charge on any atom is -1.00 e. The average molecular weight is 571 g/mol. The van der Waals surface area contributed by atoms with E-state index in [2.05, 4.69) is 143 Å². The van der Waals surface area contributed by atoms with Gasteiger partial charge in [-0.2, -0.15) is 6.08 Å². The maximum atomic E-state index is 3.65. The first-order chi connectivity index (χ1) is 17.7. The minimum atomic E-state index is 0. The van der Waals surface area contributed by atoms with Crippen LogP contribution in [0.25, 0.3) is 33.4 Å². The first-order valence-corrected chi connectivity index (χ1v) is 13.5. The van der Waals surface area contributed by atoms with Gasteiger partial charge in [-0.15, -0.1) is 35.7 Å². The molecule has 0 saturated carbocycles. The van der Waals surface area contributed by atoms with E-state index in [0.717, 1.165) is 12.8 Å². The van der Waals surface area contributed by atoms with Crippen LogP contribution in [0.15, 0.2) is 109 Å². The molecule has 38 heavy (non-hydrogen) atoms. The van der Waals surface area contributed by atoms with E-state index in [-0.39, 0.29) is 24.8 Å². The van der Waals surface area contributed by atoms with E-state index in [1.54, 1.807) is 3.81 Å². The van der Waals surface area contributed by atoms with Crippen molar-refractivity contribution in [2.75, 3.05) is 0 Å². The summed E-state index contributed by atoms with van der Waals surface area (Å²) in [6, 6.07) is 36.0. The maximum Gasteiger partial charge on any atom is -0.0181 e. The third kappa shape index (κ3) is 8.52. The van der Waals surface area contributed by atoms with Gasteiger partial charge in [0.15, 0.2) is 0 Å². The van der Waals surface area contributed by atoms with Crippen LogP contribution in [0.2, 0.25) is 0 Å². The standard InChI is InChI=1S/C25H17.C5H5.C5H10.2ClH.Ti/c1-3-7-18(8-4-1)20-11-13-24-22(15-20)17-23-16-21(12-14-25(23)24)19-9-5-2-6-10-19;1-2-4-5-3-1;1-3-5-4-2;;;/h1-15H,17H2;1-3H,4H2;3-4H2,1-2H3;2*1H;/q2*-1;;;;+2/p-2. The Bertz CT molecular complexity index is 1250. The first kappa shape index (κ1) is 31.7. The summed E-state index contributed by atoms with van der Waals surface area (Å²) in [5.41, 5.74) is 10.4. The summed E-state index contributed by atoms with van der Waals surface area (Å²) in [6.07, 6.45) is 13.5. The van der Waals surface area contributed by atoms with E-state index in [1.807, 2.05) is 12.2 Å². The molecule has 0 bridgehead atoms. The second-order valence-corrected chi connectivity index (χ2v) is 9.96. The second kappa shape index (κ2) is 16.5. The van der Waals surface area contributed by atoms with Crippen LogP contribution in [0, 0.1) is 12.1 Å². The summed E-state index contributed by atoms with van der Waals surface area (Å²) in [6.45, 7) is 4.39. The van der Waals surface area contributed by atoms with E-state index >= 15 is 0 Å². The molecular weight excluding hydrogens is 539 g/mol. The molecule has 3 heteroatoms. The van der Waals surface area contributed by atoms with Gasteiger partial charge < -0.3 is 24.8 Å². The van der Waals surface area contributed by atoms with E-state index in [9.17, 15) is 0 Å². The molecular formula is C35H32Cl2Ti-2. The SMILES string of the molecule is CC[C](=[Ti+2])CC.[C-]1=CC=CC1.[Cl-].[Cl-].[c-]1c(-c2ccccc2)ccc2c1Cc1cc(-c3ccccc3)ccc1-2. The third-order valence-electron chi connectivity index (χ3n) is 6.42. The van der Waals surface area contributed by atoms with Gasteiger partial charge >= 0.3 is 50.5 Å². The third-order valence-corrected chi connectivity index (χ3v) is 7.53. The van der Waals surface area contributed by atoms with Gasteiger partial charge in [0, 0.05) is 0 Å². The van der Waals surface area contributed by atoms with Gasteiger partial charge in [0.2, 0.25) is 0 Å². The van der Waals surface area contributed by atoms with Crippen LogP contribution >= 0.6 is 0 Å². The summed E-state index contributed by atoms with van der Waals surface area (Å²) in [5.74, 6) is 0. The van der Waals surface area contributed by atoms with E-state index in [0.29, 0.717) is 0 Å². The van der Waals surface area contributed by atoms with Gasteiger partial charge in [0.25, 0.3) is 0 Å². The Kier molecular flexibility index (Phi) is 13.8. The molecule has 0 amide bonds. The molecule has 0 N–H and O–H groups in total. The van der Waals surface area contributed by atoms with Gasteiger partial charge in [0.1, 0.15) is 0 Å². The van der Waals surface area contributed by atoms with Crippen molar-refractivity contribution in [3.63, 3.8) is 0 Å². The van der Waals surface area contributed by atoms with E-state index in [4.69, 9.17) is 0 Å². The molecule has 6 rings (SSSR count). The normalized spacial score (nSPS) is 11.5. The number of allylic oxidation sites excluding steroid dienone is 4. The van der Waals surface area contributed by atoms with Gasteiger partial charge in [-0.3, -0.25) is 6.08 Å². The van der Waals surface area contributed by atoms with Crippen LogP contribution in [0.4, 0.5) is 0 Å². The molecule has 2 aliphatic rings. The van der Waals surface area contributed by atoms with Crippen LogP contribution in [-0.4, -0.2) is 3.81 Å². The quantitative estimate of drug-likeness (QED) is 0.230. The zero-order chi connectivity index (χ0) is 25.2. The molecule has 0 fully saturated rings. The smallest absolute Gasteiger partial charge is 0.0181 e. The van der Waals surface area contributed by atoms with Crippen LogP contribution in [-0.2, 0) is 26.4 Å². The Hall–Kier alpha value is -2.48. The molecule has 0 saturated heterocycles. The van der Waals surface area contributed by atoms with Crippen molar-refractivity contribution in [2.45, 2.75) is 39.5 Å². The molecule has 0 aromatic heterocycles. The summed E-state index contributed by atoms with van der Waals surface area (Å²) in [4.78, 5) is 0. The van der Waals surface area contributed by atoms with Crippen LogP contribution in [0.1, 0.15) is 44.2 Å². The molecule has 0 heterocycles. The molecule has 0 spiro atoms. The van der Waals surface area contributed by atoms with Crippen LogP contribution in [0.5, 0.6) is 0 Å². The fourth-order valence-corrected chi connectivity index (χ4v) is 4.31. The topological polar surface area (TPSA) is 0 Å². The Morgan fingerprint density at radius 2 is 1.37 bits per heavy atom. The molecule has 192 valence electrons. The number of hydrogen-bond acceptors (Lipinski definition) is 0. The summed E-state index contributed by atoms with van der Waals surface area (Å²) in [7, 11) is 0. The number of hydrogen-bond donors (Lipinski definition) is 0. The number of halogens is 2. The van der Waals surface area contributed by atoms with Gasteiger partial charge in [0.05, 0.1) is 0 Å². The Labute approximate surface area is 252 Å². The molecule has 4 aromatic carbocycles. The monoisotopic (exact) mass is 570 g/mol. The van der Waals surface area contributed by atoms with Crippen molar-refractivity contribution in [3.8, 4) is 33.4 Å². The molecule has 0 unspecified atom stereocenters. The first-order valence-electron chi connectivity index (χ1n) is 12.8. The van der Waals surface area contributed by atoms with Crippen molar-refractivity contribution in [2.24, 2.45) is 0 Å². The van der Waals surface area contributed by atoms with Crippen LogP contribution in [0.3, 0.4) is 0 Å². The number of benzene rings is 4. The maximum absolute atomic E-state index is 3.65. The number of rotatable bonds is 4. The fraction of sp³-hybridized carbons (Fsp3) is 0.171. The zero-order valence-corrected chi connectivity index (χ0v) is 25.1. The number of fused-ring (bicyclic) bond motifs is 3. The fourth-order valence-electron chi connectivity index (χ4n) is 4.31. The molecule has 4 aromatic rings. The summed E-state index contributed by atoms with van der Waals surface area (Å²) < 4.78 is 1.59. The van der Waals surface area contributed by atoms with Crippen molar-refractivity contribution in [3.05, 3.63) is 132 Å². The zero-order valence-electron chi connectivity index (χ0n) is 22.0. The largest absolute Gasteiger partial charge is 1.00 e. The Balaban J connectivity index is 0.000000330. The van der Waals surface area contributed by atoms with Gasteiger partial charge in [-0.25, -0.2) is 12.2 Å². The molecule has 0 nitrogen and oxygen atoms in total. The Morgan fingerprint density at radius 3 is 1.89 bits per heavy atom.